The van der Waals surface area contributed by atoms with Crippen LogP contribution in [0.1, 0.15) is 31.5 Å². The molecule has 2 aromatic rings. The molecule has 0 saturated carbocycles. The highest BCUT2D eigenvalue weighted by molar-refractivity contribution is 5.37. The number of nitrogens with zero attached hydrogens (tertiary/aromatic N) is 3. The maximum atomic E-state index is 4.40. The zero-order valence-corrected chi connectivity index (χ0v) is 12.9. The number of hydrogen-bond donors (Lipinski definition) is 1. The summed E-state index contributed by atoms with van der Waals surface area (Å²) in [5, 5.41) is 3.33. The molecular weight excluding hydrogens is 260 g/mol. The first-order chi connectivity index (χ1) is 10.3. The van der Waals surface area contributed by atoms with Gasteiger partial charge in [-0.3, -0.25) is 9.88 Å². The minimum atomic E-state index is 0.872. The maximum absolute atomic E-state index is 4.40. The second-order valence-corrected chi connectivity index (χ2v) is 5.10. The standard InChI is InChI=1S/C17H24N4/c1-3-9-19-17-12-15(8-11-20-17)13-21(4-2)14-16-7-5-6-10-18-16/h5-8,10-12H,3-4,9,13-14H2,1-2H3,(H,19,20). The average Bonchev–Trinajstić information content (AvgIpc) is 2.53. The summed E-state index contributed by atoms with van der Waals surface area (Å²) < 4.78 is 0. The van der Waals surface area contributed by atoms with Gasteiger partial charge in [-0.2, -0.15) is 0 Å². The van der Waals surface area contributed by atoms with Crippen molar-refractivity contribution in [3.8, 4) is 0 Å². The molecule has 21 heavy (non-hydrogen) atoms. The van der Waals surface area contributed by atoms with Gasteiger partial charge < -0.3 is 5.32 Å². The zero-order valence-electron chi connectivity index (χ0n) is 12.9. The van der Waals surface area contributed by atoms with Crippen LogP contribution in [0.4, 0.5) is 5.82 Å². The molecule has 0 fully saturated rings. The van der Waals surface area contributed by atoms with E-state index >= 15 is 0 Å². The van der Waals surface area contributed by atoms with Gasteiger partial charge in [0.05, 0.1) is 5.69 Å². The Labute approximate surface area is 127 Å². The van der Waals surface area contributed by atoms with Gasteiger partial charge in [-0.1, -0.05) is 19.9 Å². The molecule has 4 nitrogen and oxygen atoms in total. The fourth-order valence-corrected chi connectivity index (χ4v) is 2.18. The smallest absolute Gasteiger partial charge is 0.126 e. The van der Waals surface area contributed by atoms with Crippen LogP contribution < -0.4 is 5.32 Å². The summed E-state index contributed by atoms with van der Waals surface area (Å²) in [6, 6.07) is 10.3. The number of nitrogens with one attached hydrogen (secondary N) is 1. The van der Waals surface area contributed by atoms with Crippen LogP contribution in [0.25, 0.3) is 0 Å². The molecule has 0 unspecified atom stereocenters. The quantitative estimate of drug-likeness (QED) is 0.807. The van der Waals surface area contributed by atoms with E-state index in [0.29, 0.717) is 0 Å². The summed E-state index contributed by atoms with van der Waals surface area (Å²) in [6.45, 7) is 8.08. The highest BCUT2D eigenvalue weighted by atomic mass is 15.1. The van der Waals surface area contributed by atoms with Crippen LogP contribution in [0.5, 0.6) is 0 Å². The summed E-state index contributed by atoms with van der Waals surface area (Å²) in [7, 11) is 0. The normalized spacial score (nSPS) is 10.8. The number of rotatable bonds is 8. The second-order valence-electron chi connectivity index (χ2n) is 5.10. The molecule has 2 heterocycles. The van der Waals surface area contributed by atoms with Crippen molar-refractivity contribution in [1.82, 2.24) is 14.9 Å². The molecule has 1 N–H and O–H groups in total. The number of anilines is 1. The molecule has 2 rings (SSSR count). The lowest BCUT2D eigenvalue weighted by atomic mass is 10.2. The monoisotopic (exact) mass is 284 g/mol. The molecule has 0 bridgehead atoms. The average molecular weight is 284 g/mol. The molecule has 112 valence electrons. The summed E-state index contributed by atoms with van der Waals surface area (Å²) in [6.07, 6.45) is 4.83. The van der Waals surface area contributed by atoms with Gasteiger partial charge in [0.1, 0.15) is 5.82 Å². The molecule has 2 aromatic heterocycles. The van der Waals surface area contributed by atoms with Crippen molar-refractivity contribution in [3.05, 3.63) is 54.0 Å². The third-order valence-corrected chi connectivity index (χ3v) is 3.35. The van der Waals surface area contributed by atoms with Gasteiger partial charge in [-0.25, -0.2) is 4.98 Å². The van der Waals surface area contributed by atoms with Gasteiger partial charge >= 0.3 is 0 Å². The molecule has 0 aliphatic heterocycles. The van der Waals surface area contributed by atoms with Crippen LogP contribution in [0.15, 0.2) is 42.7 Å². The second kappa shape index (κ2) is 8.37. The summed E-state index contributed by atoms with van der Waals surface area (Å²) in [5.41, 5.74) is 2.39. The molecule has 0 aliphatic rings. The lowest BCUT2D eigenvalue weighted by molar-refractivity contribution is 0.268. The van der Waals surface area contributed by atoms with Crippen LogP contribution in [0.2, 0.25) is 0 Å². The minimum Gasteiger partial charge on any atom is -0.370 e. The minimum absolute atomic E-state index is 0.872. The molecule has 0 spiro atoms. The van der Waals surface area contributed by atoms with Gasteiger partial charge in [0.2, 0.25) is 0 Å². The number of aromatic nitrogens is 2. The third kappa shape index (κ3) is 5.16. The summed E-state index contributed by atoms with van der Waals surface area (Å²) in [5.74, 6) is 0.961. The number of pyridine rings is 2. The Hall–Kier alpha value is -1.94. The van der Waals surface area contributed by atoms with Gasteiger partial charge in [-0.15, -0.1) is 0 Å². The fourth-order valence-electron chi connectivity index (χ4n) is 2.18. The molecule has 0 atom stereocenters. The van der Waals surface area contributed by atoms with Crippen LogP contribution in [0.3, 0.4) is 0 Å². The Bertz CT molecular complexity index is 527. The van der Waals surface area contributed by atoms with E-state index in [0.717, 1.165) is 44.1 Å². The summed E-state index contributed by atoms with van der Waals surface area (Å²) in [4.78, 5) is 11.1. The van der Waals surface area contributed by atoms with E-state index in [-0.39, 0.29) is 0 Å². The molecule has 0 saturated heterocycles. The number of hydrogen-bond acceptors (Lipinski definition) is 4. The van der Waals surface area contributed by atoms with Crippen LogP contribution in [-0.4, -0.2) is 28.0 Å². The maximum Gasteiger partial charge on any atom is 0.126 e. The van der Waals surface area contributed by atoms with Gasteiger partial charge in [0.15, 0.2) is 0 Å². The Morgan fingerprint density at radius 2 is 1.95 bits per heavy atom. The summed E-state index contributed by atoms with van der Waals surface area (Å²) >= 11 is 0. The molecule has 0 aliphatic carbocycles. The lowest BCUT2D eigenvalue weighted by Gasteiger charge is -2.20. The van der Waals surface area contributed by atoms with Crippen molar-refractivity contribution in [3.63, 3.8) is 0 Å². The Morgan fingerprint density at radius 3 is 2.67 bits per heavy atom. The Morgan fingerprint density at radius 1 is 1.05 bits per heavy atom. The predicted molar refractivity (Wildman–Crippen MR) is 87.0 cm³/mol. The molecule has 0 amide bonds. The fraction of sp³-hybridized carbons (Fsp3) is 0.412. The van der Waals surface area contributed by atoms with Crippen molar-refractivity contribution in [2.45, 2.75) is 33.4 Å². The predicted octanol–water partition coefficient (Wildman–Crippen LogP) is 3.32. The Kier molecular flexibility index (Phi) is 6.16. The van der Waals surface area contributed by atoms with Gasteiger partial charge in [0, 0.05) is 32.0 Å². The SMILES string of the molecule is CCCNc1cc(CN(CC)Cc2ccccn2)ccn1. The third-order valence-electron chi connectivity index (χ3n) is 3.35. The van der Waals surface area contributed by atoms with Gasteiger partial charge in [0.25, 0.3) is 0 Å². The molecular formula is C17H24N4. The molecule has 0 radical (unpaired) electrons. The highest BCUT2D eigenvalue weighted by Gasteiger charge is 2.06. The van der Waals surface area contributed by atoms with E-state index in [4.69, 9.17) is 0 Å². The van der Waals surface area contributed by atoms with Crippen molar-refractivity contribution in [1.29, 1.82) is 0 Å². The van der Waals surface area contributed by atoms with Crippen molar-refractivity contribution in [2.24, 2.45) is 0 Å². The van der Waals surface area contributed by atoms with E-state index in [1.54, 1.807) is 0 Å². The first kappa shape index (κ1) is 15.4. The largest absolute Gasteiger partial charge is 0.370 e. The van der Waals surface area contributed by atoms with E-state index in [1.807, 2.05) is 24.5 Å². The first-order valence-electron chi connectivity index (χ1n) is 7.63. The van der Waals surface area contributed by atoms with Crippen molar-refractivity contribution in [2.75, 3.05) is 18.4 Å². The van der Waals surface area contributed by atoms with E-state index in [9.17, 15) is 0 Å². The zero-order chi connectivity index (χ0) is 14.9. The molecule has 4 heteroatoms. The Balaban J connectivity index is 1.98. The van der Waals surface area contributed by atoms with Crippen LogP contribution in [-0.2, 0) is 13.1 Å². The first-order valence-corrected chi connectivity index (χ1v) is 7.63. The van der Waals surface area contributed by atoms with Crippen LogP contribution >= 0.6 is 0 Å². The van der Waals surface area contributed by atoms with Crippen molar-refractivity contribution < 1.29 is 0 Å². The van der Waals surface area contributed by atoms with E-state index in [1.165, 1.54) is 5.56 Å². The van der Waals surface area contributed by atoms with Crippen LogP contribution in [0, 0.1) is 0 Å². The highest BCUT2D eigenvalue weighted by Crippen LogP contribution is 2.11. The van der Waals surface area contributed by atoms with E-state index < -0.39 is 0 Å². The molecule has 0 aromatic carbocycles. The topological polar surface area (TPSA) is 41.0 Å². The van der Waals surface area contributed by atoms with E-state index in [2.05, 4.69) is 52.2 Å². The lowest BCUT2D eigenvalue weighted by Crippen LogP contribution is -2.23. The van der Waals surface area contributed by atoms with Crippen molar-refractivity contribution >= 4 is 5.82 Å². The van der Waals surface area contributed by atoms with Gasteiger partial charge in [-0.05, 0) is 42.8 Å².